The van der Waals surface area contributed by atoms with Gasteiger partial charge in [0.25, 0.3) is 11.8 Å². The van der Waals surface area contributed by atoms with Crippen molar-refractivity contribution in [2.24, 2.45) is 5.92 Å². The van der Waals surface area contributed by atoms with Gasteiger partial charge in [0.2, 0.25) is 11.8 Å². The van der Waals surface area contributed by atoms with E-state index >= 15 is 0 Å². The predicted molar refractivity (Wildman–Crippen MR) is 226 cm³/mol. The van der Waals surface area contributed by atoms with Crippen LogP contribution in [0.15, 0.2) is 67.1 Å². The zero-order valence-corrected chi connectivity index (χ0v) is 34.7. The highest BCUT2D eigenvalue weighted by Crippen LogP contribution is 2.41. The van der Waals surface area contributed by atoms with E-state index in [1.165, 1.54) is 30.7 Å². The number of ether oxygens (including phenoxy) is 1. The van der Waals surface area contributed by atoms with Gasteiger partial charge in [-0.15, -0.1) is 0 Å². The molecule has 1 N–H and O–H groups in total. The largest absolute Gasteiger partial charge is 0.419 e. The lowest BCUT2D eigenvalue weighted by molar-refractivity contribution is -0.138. The average Bonchev–Trinajstić information content (AvgIpc) is 3.73. The number of hydrogen-bond acceptors (Lipinski definition) is 10. The maximum absolute atomic E-state index is 14.5. The molecule has 5 aliphatic rings. The number of hydrogen-bond donors (Lipinski definition) is 1. The van der Waals surface area contributed by atoms with Gasteiger partial charge >= 0.3 is 12.7 Å². The van der Waals surface area contributed by atoms with Crippen LogP contribution in [-0.2, 0) is 20.5 Å². The quantitative estimate of drug-likeness (QED) is 0.115. The monoisotopic (exact) mass is 884 g/mol. The summed E-state index contributed by atoms with van der Waals surface area (Å²) in [5, 5.41) is 3.28. The molecule has 0 spiro atoms. The summed E-state index contributed by atoms with van der Waals surface area (Å²) in [6, 6.07) is 11.5. The standard InChI is InChI=1S/C46H45F5N8O5/c47-45(48)58-37-7-13-52-23-35(37)32-3-1-27(20-39(32)58)28-19-36(46(49,50)51)41(53-22-28)57-24-31(25-57)64-30-11-15-55(16-12-30)14-8-26-9-17-56(18-10-26)29-2-4-33-34(21-29)44(63)59(43(33)62)38-5-6-40(60)54-42(38)61/h1-4,7,13,19-23,26,30-31,38,45H,5-6,8-12,14-18,24-25H2,(H,54,60,61). The first kappa shape index (κ1) is 42.0. The van der Waals surface area contributed by atoms with Crippen LogP contribution in [0.3, 0.4) is 0 Å². The van der Waals surface area contributed by atoms with Crippen molar-refractivity contribution in [1.29, 1.82) is 0 Å². The molecule has 1 unspecified atom stereocenters. The van der Waals surface area contributed by atoms with E-state index in [1.807, 2.05) is 6.07 Å². The highest BCUT2D eigenvalue weighted by Gasteiger charge is 2.45. The summed E-state index contributed by atoms with van der Waals surface area (Å²) in [4.78, 5) is 66.0. The van der Waals surface area contributed by atoms with E-state index in [0.717, 1.165) is 86.0 Å². The predicted octanol–water partition coefficient (Wildman–Crippen LogP) is 7.04. The zero-order valence-electron chi connectivity index (χ0n) is 34.7. The number of rotatable bonds is 10. The number of halogens is 5. The van der Waals surface area contributed by atoms with Gasteiger partial charge in [-0.1, -0.05) is 12.1 Å². The number of imide groups is 2. The number of anilines is 2. The van der Waals surface area contributed by atoms with E-state index in [9.17, 15) is 41.1 Å². The Morgan fingerprint density at radius 3 is 2.27 bits per heavy atom. The van der Waals surface area contributed by atoms with E-state index in [1.54, 1.807) is 29.2 Å². The molecule has 64 heavy (non-hydrogen) atoms. The van der Waals surface area contributed by atoms with Crippen LogP contribution in [0.2, 0.25) is 0 Å². The fourth-order valence-electron chi connectivity index (χ4n) is 10.1. The maximum atomic E-state index is 14.5. The highest BCUT2D eigenvalue weighted by molar-refractivity contribution is 6.23. The normalized spacial score (nSPS) is 20.8. The van der Waals surface area contributed by atoms with Crippen LogP contribution in [0.25, 0.3) is 32.9 Å². The molecule has 8 heterocycles. The third-order valence-corrected chi connectivity index (χ3v) is 13.6. The Hall–Kier alpha value is -6.01. The van der Waals surface area contributed by atoms with Gasteiger partial charge in [-0.25, -0.2) is 4.98 Å². The minimum absolute atomic E-state index is 0.0178. The minimum atomic E-state index is -4.70. The summed E-state index contributed by atoms with van der Waals surface area (Å²) in [5.41, 5.74) is 1.50. The van der Waals surface area contributed by atoms with Gasteiger partial charge in [-0.2, -0.15) is 22.0 Å². The number of piperidine rings is 3. The molecule has 2 aromatic carbocycles. The number of nitrogens with zero attached hydrogens (tertiary/aromatic N) is 7. The zero-order chi connectivity index (χ0) is 44.4. The Labute approximate surface area is 364 Å². The van der Waals surface area contributed by atoms with Gasteiger partial charge in [-0.3, -0.25) is 38.9 Å². The lowest BCUT2D eigenvalue weighted by Gasteiger charge is -2.43. The molecule has 0 saturated carbocycles. The molecule has 5 aromatic rings. The smallest absolute Gasteiger partial charge is 0.371 e. The van der Waals surface area contributed by atoms with Crippen molar-refractivity contribution in [2.75, 3.05) is 55.6 Å². The van der Waals surface area contributed by atoms with Gasteiger partial charge in [0.1, 0.15) is 11.9 Å². The van der Waals surface area contributed by atoms with Crippen molar-refractivity contribution in [3.63, 3.8) is 0 Å². The Balaban J connectivity index is 0.686. The van der Waals surface area contributed by atoms with E-state index in [0.29, 0.717) is 22.3 Å². The molecule has 13 nitrogen and oxygen atoms in total. The fraction of sp³-hybridized carbons (Fsp3) is 0.435. The number of pyridine rings is 2. The molecule has 334 valence electrons. The molecule has 4 fully saturated rings. The van der Waals surface area contributed by atoms with Crippen molar-refractivity contribution in [3.05, 3.63) is 83.8 Å². The first-order valence-electron chi connectivity index (χ1n) is 21.8. The maximum Gasteiger partial charge on any atom is 0.419 e. The van der Waals surface area contributed by atoms with Crippen LogP contribution < -0.4 is 15.1 Å². The highest BCUT2D eigenvalue weighted by atomic mass is 19.4. The molecule has 1 atom stereocenters. The number of likely N-dealkylation sites (tertiary alicyclic amines) is 1. The van der Waals surface area contributed by atoms with Crippen LogP contribution in [0, 0.1) is 5.92 Å². The van der Waals surface area contributed by atoms with E-state index in [2.05, 4.69) is 25.1 Å². The summed E-state index contributed by atoms with van der Waals surface area (Å²) in [6.07, 6.45) is 4.25. The Morgan fingerprint density at radius 1 is 0.766 bits per heavy atom. The van der Waals surface area contributed by atoms with Crippen LogP contribution in [0.5, 0.6) is 0 Å². The first-order valence-corrected chi connectivity index (χ1v) is 21.8. The lowest BCUT2D eigenvalue weighted by atomic mass is 9.92. The molecule has 4 amide bonds. The third-order valence-electron chi connectivity index (χ3n) is 13.6. The van der Waals surface area contributed by atoms with Crippen molar-refractivity contribution >= 4 is 56.9 Å². The molecule has 0 radical (unpaired) electrons. The number of aromatic nitrogens is 3. The summed E-state index contributed by atoms with van der Waals surface area (Å²) in [6.45, 7) is 2.04. The Morgan fingerprint density at radius 2 is 1.53 bits per heavy atom. The van der Waals surface area contributed by atoms with Gasteiger partial charge in [-0.05, 0) is 92.9 Å². The number of benzene rings is 2. The van der Waals surface area contributed by atoms with E-state index < -0.39 is 48.0 Å². The number of amides is 4. The van der Waals surface area contributed by atoms with Crippen molar-refractivity contribution in [1.82, 2.24) is 29.7 Å². The molecular weight excluding hydrogens is 840 g/mol. The van der Waals surface area contributed by atoms with Crippen LogP contribution in [-0.4, -0.2) is 112 Å². The van der Waals surface area contributed by atoms with Crippen LogP contribution in [0.1, 0.15) is 77.8 Å². The minimum Gasteiger partial charge on any atom is -0.371 e. The van der Waals surface area contributed by atoms with Gasteiger partial charge in [0, 0.05) is 86.3 Å². The van der Waals surface area contributed by atoms with E-state index in [4.69, 9.17) is 4.74 Å². The lowest BCUT2D eigenvalue weighted by Crippen LogP contribution is -2.55. The molecule has 10 rings (SSSR count). The summed E-state index contributed by atoms with van der Waals surface area (Å²) in [5.74, 6) is -1.71. The average molecular weight is 885 g/mol. The first-order chi connectivity index (χ1) is 30.8. The molecule has 0 aliphatic carbocycles. The molecule has 3 aromatic heterocycles. The van der Waals surface area contributed by atoms with Gasteiger partial charge < -0.3 is 19.4 Å². The number of carbonyl (C=O) groups excluding carboxylic acids is 4. The van der Waals surface area contributed by atoms with Gasteiger partial charge in [0.05, 0.1) is 39.9 Å². The number of fused-ring (bicyclic) bond motifs is 4. The Kier molecular flexibility index (Phi) is 10.8. The molecule has 0 bridgehead atoms. The molecular formula is C46H45F5N8O5. The van der Waals surface area contributed by atoms with Crippen LogP contribution >= 0.6 is 0 Å². The number of alkyl halides is 5. The van der Waals surface area contributed by atoms with Crippen molar-refractivity contribution < 1.29 is 45.9 Å². The fourth-order valence-corrected chi connectivity index (χ4v) is 10.1. The third kappa shape index (κ3) is 7.73. The topological polar surface area (TPSA) is 133 Å². The number of carbonyl (C=O) groups is 4. The molecule has 18 heteroatoms. The summed E-state index contributed by atoms with van der Waals surface area (Å²) >= 11 is 0. The SMILES string of the molecule is O=C1CCC(N2C(=O)c3ccc(N4CCC(CCN5CCC(OC6CN(c7ncc(-c8ccc9c%10cnccc%10n(C(F)F)c9c8)cc7C(F)(F)F)C6)CC5)CC4)cc3C2=O)C(=O)N1. The van der Waals surface area contributed by atoms with Crippen LogP contribution in [0.4, 0.5) is 33.5 Å². The second kappa shape index (κ2) is 16.5. The van der Waals surface area contributed by atoms with Crippen molar-refractivity contribution in [3.8, 4) is 11.1 Å². The van der Waals surface area contributed by atoms with Gasteiger partial charge in [0.15, 0.2) is 0 Å². The summed E-state index contributed by atoms with van der Waals surface area (Å²) < 4.78 is 79.0. The molecule has 4 saturated heterocycles. The van der Waals surface area contributed by atoms with E-state index in [-0.39, 0.29) is 71.7 Å². The second-order valence-electron chi connectivity index (χ2n) is 17.5. The second-order valence-corrected chi connectivity index (χ2v) is 17.5. The molecule has 5 aliphatic heterocycles. The summed E-state index contributed by atoms with van der Waals surface area (Å²) in [7, 11) is 0. The number of nitrogens with one attached hydrogen (secondary N) is 1. The van der Waals surface area contributed by atoms with Crippen molar-refractivity contribution in [2.45, 2.75) is 75.9 Å². The Bertz CT molecular complexity index is 2670.